The lowest BCUT2D eigenvalue weighted by molar-refractivity contribution is -0.0497. The number of fused-ring (bicyclic) bond motifs is 5. The molecule has 0 radical (unpaired) electrons. The van der Waals surface area contributed by atoms with E-state index in [9.17, 15) is 8.42 Å². The summed E-state index contributed by atoms with van der Waals surface area (Å²) in [5.74, 6) is 5.45. The molecule has 3 fully saturated rings. The van der Waals surface area contributed by atoms with Crippen LogP contribution in [0.15, 0.2) is 40.8 Å². The lowest BCUT2D eigenvalue weighted by Crippen LogP contribution is -2.50. The number of benzene rings is 1. The summed E-state index contributed by atoms with van der Waals surface area (Å²) in [5.41, 5.74) is 9.39. The third kappa shape index (κ3) is 7.31. The van der Waals surface area contributed by atoms with Crippen molar-refractivity contribution in [3.8, 4) is 0 Å². The summed E-state index contributed by atoms with van der Waals surface area (Å²) < 4.78 is 29.6. The van der Waals surface area contributed by atoms with E-state index >= 15 is 0 Å². The smallest absolute Gasteiger partial charge is 0.294 e. The van der Waals surface area contributed by atoms with Gasteiger partial charge in [0.15, 0.2) is 5.17 Å². The van der Waals surface area contributed by atoms with Crippen LogP contribution in [-0.4, -0.2) is 23.4 Å². The Bertz CT molecular complexity index is 1230. The Kier molecular flexibility index (Phi) is 10.7. The fourth-order valence-electron chi connectivity index (χ4n) is 9.64. The van der Waals surface area contributed by atoms with E-state index in [1.165, 1.54) is 82.8 Å². The molecule has 1 aromatic carbocycles. The van der Waals surface area contributed by atoms with Gasteiger partial charge in [0.05, 0.1) is 4.90 Å². The predicted octanol–water partition coefficient (Wildman–Crippen LogP) is 9.26. The first-order chi connectivity index (χ1) is 19.6. The van der Waals surface area contributed by atoms with Crippen molar-refractivity contribution in [1.29, 1.82) is 5.41 Å². The van der Waals surface area contributed by atoms with Gasteiger partial charge in [0, 0.05) is 5.25 Å². The molecular weight excluding hydrogens is 561 g/mol. The van der Waals surface area contributed by atoms with Crippen molar-refractivity contribution in [3.63, 3.8) is 0 Å². The molecular formula is C35H56N2O3S2. The number of aryl methyl sites for hydroxylation is 1. The SMILES string of the molecule is CC(C)CCC[C@@H](C)[C@H]1CC[C@H]2[C@@H]3CC=C4C[C@@H](SC(=N)N)CC[C@]4(C)[C@H]3CC[C@]12C.Cc1ccc(S(=O)(=O)O)cc1. The highest BCUT2D eigenvalue weighted by Gasteiger charge is 2.59. The quantitative estimate of drug-likeness (QED) is 0.123. The average molecular weight is 617 g/mol. The molecule has 4 N–H and O–H groups in total. The van der Waals surface area contributed by atoms with Gasteiger partial charge < -0.3 is 5.73 Å². The highest BCUT2D eigenvalue weighted by atomic mass is 32.2. The summed E-state index contributed by atoms with van der Waals surface area (Å²) in [6, 6.07) is 5.99. The van der Waals surface area contributed by atoms with Gasteiger partial charge >= 0.3 is 0 Å². The lowest BCUT2D eigenvalue weighted by atomic mass is 9.47. The fourth-order valence-corrected chi connectivity index (χ4v) is 11.0. The average Bonchev–Trinajstić information content (AvgIpc) is 3.26. The molecule has 4 aliphatic rings. The zero-order valence-electron chi connectivity index (χ0n) is 26.9. The van der Waals surface area contributed by atoms with Crippen molar-refractivity contribution in [2.75, 3.05) is 0 Å². The second-order valence-electron chi connectivity index (χ2n) is 14.9. The maximum absolute atomic E-state index is 10.5. The van der Waals surface area contributed by atoms with Crippen molar-refractivity contribution < 1.29 is 13.0 Å². The van der Waals surface area contributed by atoms with Gasteiger partial charge in [-0.05, 0) is 117 Å². The normalized spacial score (nSPS) is 34.8. The molecule has 8 atom stereocenters. The Morgan fingerprint density at radius 2 is 1.74 bits per heavy atom. The second kappa shape index (κ2) is 13.4. The highest BCUT2D eigenvalue weighted by Crippen LogP contribution is 2.67. The molecule has 0 aliphatic heterocycles. The van der Waals surface area contributed by atoms with E-state index < -0.39 is 10.1 Å². The zero-order chi connectivity index (χ0) is 30.9. The number of allylic oxidation sites excluding steroid dienone is 2. The number of thioether (sulfide) groups is 1. The van der Waals surface area contributed by atoms with E-state index in [0.29, 0.717) is 21.2 Å². The van der Waals surface area contributed by atoms with E-state index in [1.54, 1.807) is 29.5 Å². The number of amidine groups is 1. The molecule has 236 valence electrons. The van der Waals surface area contributed by atoms with Crippen LogP contribution in [0.3, 0.4) is 0 Å². The zero-order valence-corrected chi connectivity index (χ0v) is 28.5. The van der Waals surface area contributed by atoms with E-state index in [0.717, 1.165) is 41.1 Å². The van der Waals surface area contributed by atoms with Crippen LogP contribution in [0.5, 0.6) is 0 Å². The van der Waals surface area contributed by atoms with E-state index in [1.807, 2.05) is 6.92 Å². The first kappa shape index (κ1) is 33.6. The molecule has 0 spiro atoms. The van der Waals surface area contributed by atoms with Crippen LogP contribution in [0.1, 0.15) is 111 Å². The number of nitrogens with one attached hydrogen (secondary N) is 1. The molecule has 5 rings (SSSR count). The number of hydrogen-bond donors (Lipinski definition) is 3. The van der Waals surface area contributed by atoms with Gasteiger partial charge in [-0.3, -0.25) is 9.96 Å². The molecule has 0 unspecified atom stereocenters. The van der Waals surface area contributed by atoms with Crippen molar-refractivity contribution in [1.82, 2.24) is 0 Å². The van der Waals surface area contributed by atoms with Crippen LogP contribution in [-0.2, 0) is 10.1 Å². The van der Waals surface area contributed by atoms with Gasteiger partial charge in [-0.1, -0.05) is 95.0 Å². The summed E-state index contributed by atoms with van der Waals surface area (Å²) in [6.45, 7) is 14.5. The topological polar surface area (TPSA) is 104 Å². The highest BCUT2D eigenvalue weighted by molar-refractivity contribution is 8.14. The number of rotatable bonds is 7. The van der Waals surface area contributed by atoms with Crippen molar-refractivity contribution in [2.45, 2.75) is 122 Å². The monoisotopic (exact) mass is 616 g/mol. The van der Waals surface area contributed by atoms with Crippen LogP contribution in [0.2, 0.25) is 0 Å². The maximum atomic E-state index is 10.5. The maximum Gasteiger partial charge on any atom is 0.294 e. The van der Waals surface area contributed by atoms with Crippen LogP contribution in [0.25, 0.3) is 0 Å². The van der Waals surface area contributed by atoms with E-state index in [4.69, 9.17) is 15.7 Å². The molecule has 3 saturated carbocycles. The van der Waals surface area contributed by atoms with Crippen LogP contribution >= 0.6 is 11.8 Å². The summed E-state index contributed by atoms with van der Waals surface area (Å²) in [7, 11) is -4.02. The standard InChI is InChI=1S/C28H48N2S.C7H8O3S/c1-18(2)7-6-8-19(3)23-11-12-24-22-10-9-20-17-21(31-26(29)30)13-15-27(20,4)25(22)14-16-28(23,24)5;1-6-2-4-7(5-3-6)11(8,9)10/h9,18-19,21-25H,6-8,10-17H2,1-5H3,(H3,29,30);2-5H,1H3,(H,8,9,10)/t19-,21+,22+,23-,24+,25+,27+,28-;/m1./s1. The summed E-state index contributed by atoms with van der Waals surface area (Å²) in [6.07, 6.45) is 17.8. The predicted molar refractivity (Wildman–Crippen MR) is 177 cm³/mol. The molecule has 7 heteroatoms. The second-order valence-corrected chi connectivity index (χ2v) is 17.7. The molecule has 1 aromatic rings. The van der Waals surface area contributed by atoms with Crippen molar-refractivity contribution in [3.05, 3.63) is 41.5 Å². The van der Waals surface area contributed by atoms with Crippen molar-refractivity contribution >= 4 is 27.0 Å². The molecule has 0 saturated heterocycles. The third-order valence-electron chi connectivity index (χ3n) is 11.9. The summed E-state index contributed by atoms with van der Waals surface area (Å²) in [4.78, 5) is -0.0666. The largest absolute Gasteiger partial charge is 0.379 e. The Morgan fingerprint density at radius 1 is 1.05 bits per heavy atom. The molecule has 0 aromatic heterocycles. The van der Waals surface area contributed by atoms with Gasteiger partial charge in [0.1, 0.15) is 0 Å². The molecule has 0 bridgehead atoms. The van der Waals surface area contributed by atoms with Gasteiger partial charge in [0.2, 0.25) is 0 Å². The van der Waals surface area contributed by atoms with Gasteiger partial charge in [-0.25, -0.2) is 0 Å². The Hall–Kier alpha value is -1.31. The third-order valence-corrected chi connectivity index (χ3v) is 13.7. The van der Waals surface area contributed by atoms with Crippen LogP contribution in [0, 0.1) is 58.7 Å². The summed E-state index contributed by atoms with van der Waals surface area (Å²) in [5, 5.41) is 8.53. The Balaban J connectivity index is 0.000000310. The van der Waals surface area contributed by atoms with Crippen molar-refractivity contribution in [2.24, 2.45) is 52.1 Å². The lowest BCUT2D eigenvalue weighted by Gasteiger charge is -2.58. The van der Waals surface area contributed by atoms with Gasteiger partial charge in [-0.15, -0.1) is 0 Å². The fraction of sp³-hybridized carbons (Fsp3) is 0.743. The van der Waals surface area contributed by atoms with E-state index in [2.05, 4.69) is 40.7 Å². The minimum Gasteiger partial charge on any atom is -0.379 e. The summed E-state index contributed by atoms with van der Waals surface area (Å²) >= 11 is 1.61. The molecule has 42 heavy (non-hydrogen) atoms. The number of hydrogen-bond acceptors (Lipinski definition) is 4. The molecule has 0 heterocycles. The van der Waals surface area contributed by atoms with Gasteiger partial charge in [-0.2, -0.15) is 8.42 Å². The minimum atomic E-state index is -4.02. The molecule has 5 nitrogen and oxygen atoms in total. The van der Waals surface area contributed by atoms with Crippen LogP contribution < -0.4 is 5.73 Å². The van der Waals surface area contributed by atoms with Gasteiger partial charge in [0.25, 0.3) is 10.1 Å². The molecule has 0 amide bonds. The first-order valence-electron chi connectivity index (χ1n) is 16.4. The first-order valence-corrected chi connectivity index (χ1v) is 18.7. The molecule has 4 aliphatic carbocycles. The Labute approximate surface area is 260 Å². The Morgan fingerprint density at radius 3 is 2.36 bits per heavy atom. The number of nitrogens with two attached hydrogens (primary N) is 1. The van der Waals surface area contributed by atoms with E-state index in [-0.39, 0.29) is 4.90 Å². The minimum absolute atomic E-state index is 0.0666. The van der Waals surface area contributed by atoms with Crippen LogP contribution in [0.4, 0.5) is 0 Å².